The van der Waals surface area contributed by atoms with Gasteiger partial charge in [0.1, 0.15) is 5.69 Å². The van der Waals surface area contributed by atoms with Gasteiger partial charge in [0.05, 0.1) is 11.9 Å². The van der Waals surface area contributed by atoms with Crippen LogP contribution in [0.3, 0.4) is 0 Å². The second kappa shape index (κ2) is 9.13. The summed E-state index contributed by atoms with van der Waals surface area (Å²) in [5.74, 6) is -1.60. The van der Waals surface area contributed by atoms with Gasteiger partial charge in [-0.05, 0) is 23.3 Å². The Labute approximate surface area is 175 Å². The fraction of sp³-hybridized carbons (Fsp3) is 0.300. The highest BCUT2D eigenvalue weighted by Crippen LogP contribution is 2.28. The summed E-state index contributed by atoms with van der Waals surface area (Å²) in [5, 5.41) is 14.7. The van der Waals surface area contributed by atoms with Crippen LogP contribution in [0.2, 0.25) is 0 Å². The first-order chi connectivity index (χ1) is 14.6. The van der Waals surface area contributed by atoms with E-state index < -0.39 is 12.1 Å². The summed E-state index contributed by atoms with van der Waals surface area (Å²) < 4.78 is 37.2. The fourth-order valence-corrected chi connectivity index (χ4v) is 2.96. The van der Waals surface area contributed by atoms with Gasteiger partial charge in [-0.15, -0.1) is 0 Å². The van der Waals surface area contributed by atoms with Crippen LogP contribution in [-0.4, -0.2) is 46.5 Å². The van der Waals surface area contributed by atoms with Crippen molar-refractivity contribution in [3.63, 3.8) is 0 Å². The molecule has 3 aromatic rings. The molecule has 164 valence electrons. The Morgan fingerprint density at radius 3 is 2.58 bits per heavy atom. The minimum absolute atomic E-state index is 0.221. The maximum Gasteiger partial charge on any atom is 0.490 e. The van der Waals surface area contributed by atoms with Crippen molar-refractivity contribution in [1.29, 1.82) is 0 Å². The van der Waals surface area contributed by atoms with Crippen LogP contribution in [-0.2, 0) is 17.8 Å². The van der Waals surface area contributed by atoms with E-state index in [1.165, 1.54) is 11.1 Å². The van der Waals surface area contributed by atoms with E-state index in [9.17, 15) is 13.2 Å². The van der Waals surface area contributed by atoms with Crippen molar-refractivity contribution in [2.24, 2.45) is 0 Å². The first kappa shape index (κ1) is 22.2. The predicted octanol–water partition coefficient (Wildman–Crippen LogP) is 3.22. The minimum atomic E-state index is -5.08. The van der Waals surface area contributed by atoms with Crippen LogP contribution >= 0.6 is 0 Å². The number of benzene rings is 1. The number of rotatable bonds is 4. The Hall–Kier alpha value is -3.47. The number of halogens is 3. The average Bonchev–Trinajstić information content (AvgIpc) is 3.36. The number of aromatic nitrogens is 3. The van der Waals surface area contributed by atoms with Gasteiger partial charge in [-0.3, -0.25) is 4.98 Å². The third kappa shape index (κ3) is 5.57. The van der Waals surface area contributed by atoms with E-state index in [-0.39, 0.29) is 6.04 Å². The number of alkyl halides is 3. The predicted molar refractivity (Wildman–Crippen MR) is 105 cm³/mol. The number of hydrogen-bond donors (Lipinski definition) is 2. The van der Waals surface area contributed by atoms with E-state index in [0.29, 0.717) is 18.1 Å². The molecule has 1 aromatic carbocycles. The van der Waals surface area contributed by atoms with Gasteiger partial charge in [0.15, 0.2) is 0 Å². The van der Waals surface area contributed by atoms with Crippen molar-refractivity contribution in [2.75, 3.05) is 19.0 Å². The van der Waals surface area contributed by atoms with Crippen LogP contribution in [0.5, 0.6) is 0 Å². The maximum absolute atomic E-state index is 10.6. The van der Waals surface area contributed by atoms with Crippen molar-refractivity contribution in [2.45, 2.75) is 25.2 Å². The molecule has 2 N–H and O–H groups in total. The highest BCUT2D eigenvalue weighted by molar-refractivity contribution is 5.73. The molecule has 11 heteroatoms. The largest absolute Gasteiger partial charge is 0.490 e. The van der Waals surface area contributed by atoms with Gasteiger partial charge in [0.2, 0.25) is 11.7 Å². The topological polar surface area (TPSA) is 104 Å². The molecule has 0 saturated carbocycles. The molecule has 0 fully saturated rings. The van der Waals surface area contributed by atoms with Gasteiger partial charge in [-0.2, -0.15) is 18.2 Å². The lowest BCUT2D eigenvalue weighted by molar-refractivity contribution is -0.192. The third-order valence-electron chi connectivity index (χ3n) is 4.55. The van der Waals surface area contributed by atoms with Gasteiger partial charge in [-0.1, -0.05) is 29.4 Å². The van der Waals surface area contributed by atoms with Gasteiger partial charge in [-0.25, -0.2) is 4.79 Å². The summed E-state index contributed by atoms with van der Waals surface area (Å²) in [6.45, 7) is 0.884. The summed E-state index contributed by atoms with van der Waals surface area (Å²) in [5.41, 5.74) is 4.40. The van der Waals surface area contributed by atoms with E-state index in [1.807, 2.05) is 31.1 Å². The van der Waals surface area contributed by atoms with E-state index in [0.717, 1.165) is 17.9 Å². The molecule has 1 aliphatic rings. The van der Waals surface area contributed by atoms with Crippen molar-refractivity contribution in [3.8, 4) is 11.5 Å². The maximum atomic E-state index is 10.6. The molecule has 0 bridgehead atoms. The van der Waals surface area contributed by atoms with E-state index in [1.54, 1.807) is 6.20 Å². The number of carboxylic acids is 1. The SMILES string of the molecule is CN(C)c1ccc(-c2noc(CC3NCc4ccccc43)n2)nc1.O=C(O)C(F)(F)F. The van der Waals surface area contributed by atoms with Gasteiger partial charge < -0.3 is 19.8 Å². The Balaban J connectivity index is 0.000000339. The number of carboxylic acid groups (broad SMARTS) is 1. The molecule has 0 aliphatic carbocycles. The lowest BCUT2D eigenvalue weighted by atomic mass is 10.0. The van der Waals surface area contributed by atoms with Crippen LogP contribution in [0.25, 0.3) is 11.5 Å². The molecule has 0 spiro atoms. The number of aliphatic carboxylic acids is 1. The third-order valence-corrected chi connectivity index (χ3v) is 4.55. The fourth-order valence-electron chi connectivity index (χ4n) is 2.96. The summed E-state index contributed by atoms with van der Waals surface area (Å²) >= 11 is 0. The number of nitrogens with one attached hydrogen (secondary N) is 1. The molecule has 8 nitrogen and oxygen atoms in total. The molecule has 3 heterocycles. The molecule has 0 radical (unpaired) electrons. The van der Waals surface area contributed by atoms with E-state index in [2.05, 4.69) is 44.7 Å². The Morgan fingerprint density at radius 1 is 1.26 bits per heavy atom. The molecule has 2 aromatic heterocycles. The van der Waals surface area contributed by atoms with Crippen LogP contribution in [0.1, 0.15) is 23.1 Å². The normalized spacial score (nSPS) is 15.1. The zero-order valence-corrected chi connectivity index (χ0v) is 16.7. The lowest BCUT2D eigenvalue weighted by Gasteiger charge is -2.11. The van der Waals surface area contributed by atoms with Crippen molar-refractivity contribution >= 4 is 11.7 Å². The summed E-state index contributed by atoms with van der Waals surface area (Å²) in [7, 11) is 3.96. The van der Waals surface area contributed by atoms with E-state index in [4.69, 9.17) is 14.4 Å². The Kier molecular flexibility index (Phi) is 6.54. The zero-order valence-electron chi connectivity index (χ0n) is 16.7. The molecule has 1 unspecified atom stereocenters. The molecular weight excluding hydrogens is 415 g/mol. The molecule has 31 heavy (non-hydrogen) atoms. The van der Waals surface area contributed by atoms with Crippen molar-refractivity contribution in [3.05, 3.63) is 59.6 Å². The molecule has 0 saturated heterocycles. The lowest BCUT2D eigenvalue weighted by Crippen LogP contribution is -2.21. The molecule has 1 aliphatic heterocycles. The highest BCUT2D eigenvalue weighted by atomic mass is 19.4. The molecule has 0 amide bonds. The monoisotopic (exact) mass is 435 g/mol. The number of fused-ring (bicyclic) bond motifs is 1. The standard InChI is InChI=1S/C18H19N5O.C2HF3O2/c1-23(2)13-7-8-15(20-11-13)18-21-17(24-22-18)9-16-14-6-4-3-5-12(14)10-19-16;3-2(4,5)1(6)7/h3-8,11,16,19H,9-10H2,1-2H3;(H,6,7). The molecular formula is C20H20F3N5O3. The highest BCUT2D eigenvalue weighted by Gasteiger charge is 2.38. The van der Waals surface area contributed by atoms with Crippen molar-refractivity contribution < 1.29 is 27.6 Å². The number of carbonyl (C=O) groups is 1. The summed E-state index contributed by atoms with van der Waals surface area (Å²) in [6.07, 6.45) is -2.60. The Morgan fingerprint density at radius 2 is 1.97 bits per heavy atom. The van der Waals surface area contributed by atoms with E-state index >= 15 is 0 Å². The van der Waals surface area contributed by atoms with Gasteiger partial charge >= 0.3 is 12.1 Å². The summed E-state index contributed by atoms with van der Waals surface area (Å²) in [4.78, 5) is 19.8. The first-order valence-electron chi connectivity index (χ1n) is 9.23. The number of pyridine rings is 1. The van der Waals surface area contributed by atoms with Crippen molar-refractivity contribution in [1.82, 2.24) is 20.4 Å². The van der Waals surface area contributed by atoms with Crippen LogP contribution in [0.4, 0.5) is 18.9 Å². The smallest absolute Gasteiger partial charge is 0.475 e. The zero-order chi connectivity index (χ0) is 22.6. The van der Waals surface area contributed by atoms with Gasteiger partial charge in [0.25, 0.3) is 0 Å². The number of hydrogen-bond acceptors (Lipinski definition) is 7. The second-order valence-electron chi connectivity index (χ2n) is 6.95. The quantitative estimate of drug-likeness (QED) is 0.644. The average molecular weight is 435 g/mol. The Bertz CT molecular complexity index is 1040. The minimum Gasteiger partial charge on any atom is -0.475 e. The number of anilines is 1. The van der Waals surface area contributed by atoms with Crippen LogP contribution in [0.15, 0.2) is 47.1 Å². The molecule has 1 atom stereocenters. The second-order valence-corrected chi connectivity index (χ2v) is 6.95. The van der Waals surface area contributed by atoms with Gasteiger partial charge in [0, 0.05) is 33.1 Å². The van der Waals surface area contributed by atoms with Crippen LogP contribution < -0.4 is 10.2 Å². The molecule has 4 rings (SSSR count). The number of nitrogens with zero attached hydrogens (tertiary/aromatic N) is 4. The van der Waals surface area contributed by atoms with Crippen LogP contribution in [0, 0.1) is 0 Å². The first-order valence-corrected chi connectivity index (χ1v) is 9.23. The summed E-state index contributed by atoms with van der Waals surface area (Å²) in [6, 6.07) is 12.6.